The van der Waals surface area contributed by atoms with Gasteiger partial charge < -0.3 is 14.7 Å². The number of aromatic nitrogens is 3. The lowest BCUT2D eigenvalue weighted by Gasteiger charge is -2.31. The third kappa shape index (κ3) is 3.81. The summed E-state index contributed by atoms with van der Waals surface area (Å²) < 4.78 is 45.4. The van der Waals surface area contributed by atoms with E-state index in [-0.39, 0.29) is 17.6 Å². The average Bonchev–Trinajstić information content (AvgIpc) is 3.42. The molecule has 0 spiro atoms. The third-order valence-electron chi connectivity index (χ3n) is 6.39. The number of anilines is 3. The molecule has 0 saturated carbocycles. The average molecular weight is 482 g/mol. The maximum Gasteiger partial charge on any atom is 0.227 e. The van der Waals surface area contributed by atoms with E-state index in [0.717, 1.165) is 29.6 Å². The second-order valence-electron chi connectivity index (χ2n) is 8.55. The van der Waals surface area contributed by atoms with Crippen molar-refractivity contribution in [3.8, 4) is 0 Å². The first-order chi connectivity index (χ1) is 16.5. The van der Waals surface area contributed by atoms with Crippen molar-refractivity contribution in [2.45, 2.75) is 30.1 Å². The van der Waals surface area contributed by atoms with Crippen LogP contribution in [-0.2, 0) is 17.2 Å². The number of aryl methyl sites for hydroxylation is 1. The van der Waals surface area contributed by atoms with Crippen LogP contribution < -0.4 is 10.2 Å². The number of hydrogen-bond donors (Lipinski definition) is 1. The fourth-order valence-electron chi connectivity index (χ4n) is 4.69. The summed E-state index contributed by atoms with van der Waals surface area (Å²) in [5.74, 6) is 0.998. The maximum atomic E-state index is 13.8. The van der Waals surface area contributed by atoms with Gasteiger partial charge in [0.1, 0.15) is 16.5 Å². The minimum atomic E-state index is -1.19. The molecule has 2 aromatic carbocycles. The lowest BCUT2D eigenvalue weighted by Crippen LogP contribution is -2.34. The Bertz CT molecular complexity index is 1420. The summed E-state index contributed by atoms with van der Waals surface area (Å²) in [6.07, 6.45) is 2.19. The van der Waals surface area contributed by atoms with Gasteiger partial charge in [-0.25, -0.2) is 13.8 Å². The second-order valence-corrected chi connectivity index (χ2v) is 10.1. The molecule has 0 radical (unpaired) electrons. The van der Waals surface area contributed by atoms with E-state index in [9.17, 15) is 13.0 Å². The molecule has 1 saturated heterocycles. The smallest absolute Gasteiger partial charge is 0.227 e. The number of benzene rings is 2. The second kappa shape index (κ2) is 8.43. The van der Waals surface area contributed by atoms with Crippen molar-refractivity contribution in [2.24, 2.45) is 0 Å². The molecule has 4 heterocycles. The van der Waals surface area contributed by atoms with Crippen molar-refractivity contribution >= 4 is 39.2 Å². The molecule has 10 heteroatoms. The van der Waals surface area contributed by atoms with Gasteiger partial charge in [0.2, 0.25) is 5.95 Å². The predicted octanol–water partition coefficient (Wildman–Crippen LogP) is 4.69. The highest BCUT2D eigenvalue weighted by Crippen LogP contribution is 2.36. The van der Waals surface area contributed by atoms with Gasteiger partial charge in [0.05, 0.1) is 22.2 Å². The van der Waals surface area contributed by atoms with E-state index in [1.807, 2.05) is 0 Å². The fraction of sp³-hybridized carbons (Fsp3) is 0.292. The largest absolute Gasteiger partial charge is 0.356 e. The van der Waals surface area contributed by atoms with Crippen LogP contribution in [0, 0.1) is 11.6 Å². The minimum absolute atomic E-state index is 0.145. The zero-order valence-corrected chi connectivity index (χ0v) is 18.9. The Morgan fingerprint density at radius 2 is 1.88 bits per heavy atom. The molecule has 2 aliphatic rings. The molecule has 1 N–H and O–H groups in total. The highest BCUT2D eigenvalue weighted by molar-refractivity contribution is 7.85. The minimum Gasteiger partial charge on any atom is -0.356 e. The predicted molar refractivity (Wildman–Crippen MR) is 125 cm³/mol. The Kier molecular flexibility index (Phi) is 5.24. The first-order valence-corrected chi connectivity index (χ1v) is 12.5. The van der Waals surface area contributed by atoms with E-state index >= 15 is 0 Å². The number of rotatable bonds is 4. The van der Waals surface area contributed by atoms with E-state index in [1.165, 1.54) is 24.3 Å². The molecule has 0 bridgehead atoms. The van der Waals surface area contributed by atoms with Gasteiger partial charge in [-0.3, -0.25) is 4.21 Å². The number of fused-ring (bicyclic) bond motifs is 2. The van der Waals surface area contributed by atoms with Crippen molar-refractivity contribution in [3.05, 3.63) is 65.5 Å². The summed E-state index contributed by atoms with van der Waals surface area (Å²) in [5, 5.41) is 8.08. The molecule has 0 amide bonds. The quantitative estimate of drug-likeness (QED) is 0.453. The normalized spacial score (nSPS) is 18.4. The number of nitrogens with one attached hydrogen (secondary N) is 1. The van der Waals surface area contributed by atoms with Gasteiger partial charge >= 0.3 is 0 Å². The number of halogens is 2. The summed E-state index contributed by atoms with van der Waals surface area (Å²) in [4.78, 5) is 12.1. The van der Waals surface area contributed by atoms with Crippen molar-refractivity contribution in [1.82, 2.24) is 15.1 Å². The summed E-state index contributed by atoms with van der Waals surface area (Å²) in [7, 11) is -1.19. The van der Waals surface area contributed by atoms with E-state index in [0.29, 0.717) is 53.2 Å². The van der Waals surface area contributed by atoms with Crippen LogP contribution in [0.15, 0.2) is 51.9 Å². The molecule has 1 unspecified atom stereocenters. The molecule has 6 rings (SSSR count). The summed E-state index contributed by atoms with van der Waals surface area (Å²) >= 11 is 0. The lowest BCUT2D eigenvalue weighted by molar-refractivity contribution is 0.416. The standard InChI is InChI=1S/C24H21F2N5O2S/c25-15-2-1-3-17(12-15)27-23-22-19(8-11-34(22)32)28-24(29-23)31-9-6-14(7-10-31)21-18-13-16(26)4-5-20(18)33-30-21/h1-5,12-14H,6-11H2,(H,27,28,29). The van der Waals surface area contributed by atoms with Gasteiger partial charge in [-0.2, -0.15) is 4.98 Å². The molecule has 2 aliphatic heterocycles. The van der Waals surface area contributed by atoms with Crippen LogP contribution in [0.25, 0.3) is 11.0 Å². The van der Waals surface area contributed by atoms with Gasteiger partial charge in [-0.1, -0.05) is 11.2 Å². The molecule has 174 valence electrons. The molecule has 4 aromatic rings. The highest BCUT2D eigenvalue weighted by Gasteiger charge is 2.30. The van der Waals surface area contributed by atoms with Gasteiger partial charge in [0.15, 0.2) is 11.4 Å². The lowest BCUT2D eigenvalue weighted by atomic mass is 9.92. The Morgan fingerprint density at radius 3 is 2.71 bits per heavy atom. The van der Waals surface area contributed by atoms with Crippen molar-refractivity contribution in [1.29, 1.82) is 0 Å². The molecule has 34 heavy (non-hydrogen) atoms. The Labute approximate surface area is 196 Å². The highest BCUT2D eigenvalue weighted by atomic mass is 32.2. The number of hydrogen-bond acceptors (Lipinski definition) is 7. The third-order valence-corrected chi connectivity index (χ3v) is 7.85. The summed E-state index contributed by atoms with van der Waals surface area (Å²) in [5.41, 5.74) is 2.68. The molecule has 7 nitrogen and oxygen atoms in total. The molecule has 1 fully saturated rings. The van der Waals surface area contributed by atoms with E-state index in [4.69, 9.17) is 14.5 Å². The van der Waals surface area contributed by atoms with Crippen molar-refractivity contribution in [2.75, 3.05) is 29.1 Å². The first-order valence-electron chi connectivity index (χ1n) is 11.2. The van der Waals surface area contributed by atoms with Crippen LogP contribution in [0.3, 0.4) is 0 Å². The van der Waals surface area contributed by atoms with Crippen LogP contribution >= 0.6 is 0 Å². The van der Waals surface area contributed by atoms with Crippen LogP contribution in [-0.4, -0.2) is 38.2 Å². The van der Waals surface area contributed by atoms with Gasteiger partial charge in [-0.15, -0.1) is 0 Å². The Hall–Kier alpha value is -3.40. The maximum absolute atomic E-state index is 13.8. The van der Waals surface area contributed by atoms with Gasteiger partial charge in [0.25, 0.3) is 0 Å². The Balaban J connectivity index is 1.26. The SMILES string of the molecule is O=S1CCc2nc(N3CCC(c4noc5ccc(F)cc45)CC3)nc(Nc3cccc(F)c3)c21. The molecular formula is C24H21F2N5O2S. The first kappa shape index (κ1) is 21.2. The van der Waals surface area contributed by atoms with Crippen LogP contribution in [0.5, 0.6) is 0 Å². The monoisotopic (exact) mass is 481 g/mol. The number of piperidine rings is 1. The zero-order valence-electron chi connectivity index (χ0n) is 18.1. The van der Waals surface area contributed by atoms with E-state index in [1.54, 1.807) is 18.2 Å². The molecule has 2 aromatic heterocycles. The van der Waals surface area contributed by atoms with Gasteiger partial charge in [0, 0.05) is 42.3 Å². The van der Waals surface area contributed by atoms with Crippen LogP contribution in [0.4, 0.5) is 26.2 Å². The molecule has 1 atom stereocenters. The Morgan fingerprint density at radius 1 is 1.06 bits per heavy atom. The molecular weight excluding hydrogens is 460 g/mol. The summed E-state index contributed by atoms with van der Waals surface area (Å²) in [6, 6.07) is 10.5. The zero-order chi connectivity index (χ0) is 23.2. The van der Waals surface area contributed by atoms with Crippen LogP contribution in [0.2, 0.25) is 0 Å². The fourth-order valence-corrected chi connectivity index (χ4v) is 6.00. The van der Waals surface area contributed by atoms with E-state index < -0.39 is 10.8 Å². The van der Waals surface area contributed by atoms with Crippen molar-refractivity contribution in [3.63, 3.8) is 0 Å². The van der Waals surface area contributed by atoms with Crippen molar-refractivity contribution < 1.29 is 17.5 Å². The van der Waals surface area contributed by atoms with Crippen LogP contribution in [0.1, 0.15) is 30.1 Å². The van der Waals surface area contributed by atoms with E-state index in [2.05, 4.69) is 15.4 Å². The molecule has 0 aliphatic carbocycles. The topological polar surface area (TPSA) is 84.2 Å². The number of nitrogens with zero attached hydrogens (tertiary/aromatic N) is 4. The van der Waals surface area contributed by atoms with Gasteiger partial charge in [-0.05, 0) is 49.2 Å². The summed E-state index contributed by atoms with van der Waals surface area (Å²) in [6.45, 7) is 1.38.